The molecule has 1 aliphatic carbocycles. The molecule has 25 heavy (non-hydrogen) atoms. The number of nitrogens with one attached hydrogen (secondary N) is 1. The number of amides is 2. The normalized spacial score (nSPS) is 22.0. The number of aromatic nitrogens is 1. The molecule has 0 radical (unpaired) electrons. The lowest BCUT2D eigenvalue weighted by Crippen LogP contribution is -2.45. The molecule has 0 atom stereocenters. The summed E-state index contributed by atoms with van der Waals surface area (Å²) in [5.41, 5.74) is 0.790. The van der Waals surface area contributed by atoms with Crippen LogP contribution in [0.4, 0.5) is 5.13 Å². The lowest BCUT2D eigenvalue weighted by molar-refractivity contribution is -0.131. The van der Waals surface area contributed by atoms with Crippen LogP contribution >= 0.6 is 11.3 Å². The van der Waals surface area contributed by atoms with Crippen molar-refractivity contribution in [1.29, 1.82) is 0 Å². The van der Waals surface area contributed by atoms with Gasteiger partial charge < -0.3 is 10.2 Å². The van der Waals surface area contributed by atoms with Gasteiger partial charge in [-0.2, -0.15) is 0 Å². The third-order valence-electron chi connectivity index (χ3n) is 5.42. The standard InChI is InChI=1S/C18H26N4O2S/c23-16-2-1-7-22(16)18-20-15(12-25-18)10-17(24)21-8-5-14(6-9-21)19-11-13-3-4-13/h12-14,19H,1-11H2. The lowest BCUT2D eigenvalue weighted by atomic mass is 10.0. The quantitative estimate of drug-likeness (QED) is 0.838. The van der Waals surface area contributed by atoms with Crippen molar-refractivity contribution < 1.29 is 9.59 Å². The highest BCUT2D eigenvalue weighted by molar-refractivity contribution is 7.14. The van der Waals surface area contributed by atoms with Crippen molar-refractivity contribution in [2.75, 3.05) is 31.1 Å². The van der Waals surface area contributed by atoms with Gasteiger partial charge in [0.15, 0.2) is 5.13 Å². The summed E-state index contributed by atoms with van der Waals surface area (Å²) in [6.45, 7) is 3.57. The fourth-order valence-corrected chi connectivity index (χ4v) is 4.47. The van der Waals surface area contributed by atoms with Crippen LogP contribution in [0.2, 0.25) is 0 Å². The monoisotopic (exact) mass is 362 g/mol. The Balaban J connectivity index is 1.25. The SMILES string of the molecule is O=C(Cc1csc(N2CCCC2=O)n1)N1CCC(NCC2CC2)CC1. The lowest BCUT2D eigenvalue weighted by Gasteiger charge is -2.32. The molecule has 0 bridgehead atoms. The third kappa shape index (κ3) is 4.20. The van der Waals surface area contributed by atoms with Crippen molar-refractivity contribution in [1.82, 2.24) is 15.2 Å². The molecule has 3 heterocycles. The van der Waals surface area contributed by atoms with Crippen LogP contribution in [-0.4, -0.2) is 53.9 Å². The zero-order valence-electron chi connectivity index (χ0n) is 14.6. The van der Waals surface area contributed by atoms with E-state index in [1.807, 2.05) is 10.3 Å². The molecule has 0 unspecified atom stereocenters. The summed E-state index contributed by atoms with van der Waals surface area (Å²) in [5, 5.41) is 6.31. The Kier molecular flexibility index (Phi) is 5.03. The van der Waals surface area contributed by atoms with Crippen molar-refractivity contribution in [3.63, 3.8) is 0 Å². The van der Waals surface area contributed by atoms with E-state index in [1.165, 1.54) is 24.2 Å². The first kappa shape index (κ1) is 17.0. The van der Waals surface area contributed by atoms with Gasteiger partial charge in [-0.25, -0.2) is 4.98 Å². The van der Waals surface area contributed by atoms with Gasteiger partial charge in [0, 0.05) is 37.5 Å². The van der Waals surface area contributed by atoms with E-state index in [1.54, 1.807) is 4.90 Å². The Morgan fingerprint density at radius 3 is 2.72 bits per heavy atom. The number of nitrogens with zero attached hydrogens (tertiary/aromatic N) is 3. The predicted molar refractivity (Wildman–Crippen MR) is 97.7 cm³/mol. The van der Waals surface area contributed by atoms with Crippen molar-refractivity contribution in [2.24, 2.45) is 5.92 Å². The van der Waals surface area contributed by atoms with Crippen LogP contribution < -0.4 is 10.2 Å². The summed E-state index contributed by atoms with van der Waals surface area (Å²) in [7, 11) is 0. The van der Waals surface area contributed by atoms with Crippen molar-refractivity contribution in [3.05, 3.63) is 11.1 Å². The van der Waals surface area contributed by atoms with Crippen LogP contribution in [0, 0.1) is 5.92 Å². The molecule has 2 amide bonds. The summed E-state index contributed by atoms with van der Waals surface area (Å²) in [5.74, 6) is 1.21. The molecule has 0 aromatic carbocycles. The average Bonchev–Trinajstić information content (AvgIpc) is 3.18. The fraction of sp³-hybridized carbons (Fsp3) is 0.722. The van der Waals surface area contributed by atoms with Crippen LogP contribution in [0.25, 0.3) is 0 Å². The summed E-state index contributed by atoms with van der Waals surface area (Å²) >= 11 is 1.47. The second kappa shape index (κ2) is 7.41. The summed E-state index contributed by atoms with van der Waals surface area (Å²) in [4.78, 5) is 32.6. The summed E-state index contributed by atoms with van der Waals surface area (Å²) < 4.78 is 0. The van der Waals surface area contributed by atoms with Crippen molar-refractivity contribution in [3.8, 4) is 0 Å². The molecule has 7 heteroatoms. The summed E-state index contributed by atoms with van der Waals surface area (Å²) in [6.07, 6.45) is 6.70. The average molecular weight is 362 g/mol. The topological polar surface area (TPSA) is 65.5 Å². The van der Waals surface area contributed by atoms with E-state index in [-0.39, 0.29) is 11.8 Å². The molecule has 2 aliphatic heterocycles. The Morgan fingerprint density at radius 2 is 2.04 bits per heavy atom. The predicted octanol–water partition coefficient (Wildman–Crippen LogP) is 1.80. The smallest absolute Gasteiger partial charge is 0.228 e. The third-order valence-corrected chi connectivity index (χ3v) is 6.33. The van der Waals surface area contributed by atoms with Gasteiger partial charge in [0.05, 0.1) is 12.1 Å². The largest absolute Gasteiger partial charge is 0.342 e. The molecule has 6 nitrogen and oxygen atoms in total. The Labute approximate surface area is 152 Å². The zero-order chi connectivity index (χ0) is 17.2. The van der Waals surface area contributed by atoms with Gasteiger partial charge in [0.1, 0.15) is 0 Å². The molecule has 1 N–H and O–H groups in total. The van der Waals surface area contributed by atoms with Crippen molar-refractivity contribution in [2.45, 2.75) is 51.0 Å². The second-order valence-corrected chi connectivity index (χ2v) is 8.29. The number of piperidine rings is 1. The number of carbonyl (C=O) groups is 2. The van der Waals surface area contributed by atoms with Gasteiger partial charge in [-0.1, -0.05) is 0 Å². The minimum Gasteiger partial charge on any atom is -0.342 e. The van der Waals surface area contributed by atoms with E-state index < -0.39 is 0 Å². The first-order chi connectivity index (χ1) is 12.2. The maximum absolute atomic E-state index is 12.5. The number of carbonyl (C=O) groups excluding carboxylic acids is 2. The van der Waals surface area contributed by atoms with Crippen LogP contribution in [0.3, 0.4) is 0 Å². The van der Waals surface area contributed by atoms with Gasteiger partial charge in [-0.3, -0.25) is 14.5 Å². The van der Waals surface area contributed by atoms with Gasteiger partial charge in [0.25, 0.3) is 0 Å². The Bertz CT molecular complexity index is 635. The van der Waals surface area contributed by atoms with Gasteiger partial charge in [-0.05, 0) is 44.6 Å². The van der Waals surface area contributed by atoms with E-state index in [0.29, 0.717) is 18.9 Å². The highest BCUT2D eigenvalue weighted by atomic mass is 32.1. The van der Waals surface area contributed by atoms with Crippen molar-refractivity contribution >= 4 is 28.3 Å². The first-order valence-corrected chi connectivity index (χ1v) is 10.3. The number of hydrogen-bond acceptors (Lipinski definition) is 5. The number of rotatable bonds is 6. The highest BCUT2D eigenvalue weighted by Gasteiger charge is 2.27. The van der Waals surface area contributed by atoms with E-state index >= 15 is 0 Å². The molecule has 136 valence electrons. The maximum Gasteiger partial charge on any atom is 0.228 e. The number of anilines is 1. The Hall–Kier alpha value is -1.47. The molecule has 2 saturated heterocycles. The highest BCUT2D eigenvalue weighted by Crippen LogP contribution is 2.28. The molecular weight excluding hydrogens is 336 g/mol. The molecular formula is C18H26N4O2S. The van der Waals surface area contributed by atoms with E-state index in [0.717, 1.165) is 62.2 Å². The van der Waals surface area contributed by atoms with Crippen LogP contribution in [0.15, 0.2) is 5.38 Å². The molecule has 3 aliphatic rings. The molecule has 3 fully saturated rings. The molecule has 4 rings (SSSR count). The van der Waals surface area contributed by atoms with Crippen LogP contribution in [0.1, 0.15) is 44.2 Å². The van der Waals surface area contributed by atoms with Gasteiger partial charge in [-0.15, -0.1) is 11.3 Å². The van der Waals surface area contributed by atoms with Gasteiger partial charge >= 0.3 is 0 Å². The van der Waals surface area contributed by atoms with Crippen LogP contribution in [0.5, 0.6) is 0 Å². The Morgan fingerprint density at radius 1 is 1.24 bits per heavy atom. The number of likely N-dealkylation sites (tertiary alicyclic amines) is 1. The second-order valence-electron chi connectivity index (χ2n) is 7.45. The molecule has 1 aromatic heterocycles. The maximum atomic E-state index is 12.5. The van der Waals surface area contributed by atoms with E-state index in [4.69, 9.17) is 0 Å². The first-order valence-electron chi connectivity index (χ1n) is 9.45. The zero-order valence-corrected chi connectivity index (χ0v) is 15.4. The van der Waals surface area contributed by atoms with Gasteiger partial charge in [0.2, 0.25) is 11.8 Å². The molecule has 1 aromatic rings. The van der Waals surface area contributed by atoms with E-state index in [2.05, 4.69) is 10.3 Å². The fourth-order valence-electron chi connectivity index (χ4n) is 3.61. The molecule has 0 spiro atoms. The minimum absolute atomic E-state index is 0.146. The number of hydrogen-bond donors (Lipinski definition) is 1. The minimum atomic E-state index is 0.146. The summed E-state index contributed by atoms with van der Waals surface area (Å²) in [6, 6.07) is 0.566. The van der Waals surface area contributed by atoms with E-state index in [9.17, 15) is 9.59 Å². The molecule has 1 saturated carbocycles. The van der Waals surface area contributed by atoms with Crippen LogP contribution in [-0.2, 0) is 16.0 Å². The number of thiazole rings is 1.